The molecule has 0 bridgehead atoms. The van der Waals surface area contributed by atoms with E-state index in [2.05, 4.69) is 15.5 Å². The molecule has 1 aliphatic heterocycles. The van der Waals surface area contributed by atoms with Crippen LogP contribution in [-0.2, 0) is 16.1 Å². The van der Waals surface area contributed by atoms with Crippen molar-refractivity contribution in [2.45, 2.75) is 12.5 Å². The van der Waals surface area contributed by atoms with Crippen molar-refractivity contribution in [1.29, 1.82) is 0 Å². The van der Waals surface area contributed by atoms with E-state index in [0.29, 0.717) is 17.9 Å². The van der Waals surface area contributed by atoms with Gasteiger partial charge in [-0.05, 0) is 17.2 Å². The second kappa shape index (κ2) is 6.47. The first-order valence-corrected chi connectivity index (χ1v) is 8.16. The molecule has 4 rings (SSSR count). The summed E-state index contributed by atoms with van der Waals surface area (Å²) in [7, 11) is 1.36. The molecule has 132 valence electrons. The molecule has 0 spiro atoms. The second-order valence-corrected chi connectivity index (χ2v) is 6.10. The molecular weight excluding hydrogens is 334 g/mol. The van der Waals surface area contributed by atoms with Crippen LogP contribution in [0.25, 0.3) is 5.65 Å². The van der Waals surface area contributed by atoms with Gasteiger partial charge in [-0.1, -0.05) is 24.3 Å². The number of nitrogens with zero attached hydrogens (tertiary/aromatic N) is 4. The maximum absolute atomic E-state index is 12.7. The van der Waals surface area contributed by atoms with Gasteiger partial charge >= 0.3 is 12.0 Å². The van der Waals surface area contributed by atoms with Crippen LogP contribution in [0.2, 0.25) is 0 Å². The summed E-state index contributed by atoms with van der Waals surface area (Å²) in [6, 6.07) is 10.8. The van der Waals surface area contributed by atoms with Crippen LogP contribution in [0.4, 0.5) is 10.5 Å². The van der Waals surface area contributed by atoms with Crippen LogP contribution in [0.3, 0.4) is 0 Å². The fourth-order valence-corrected chi connectivity index (χ4v) is 3.20. The topological polar surface area (TPSA) is 88.8 Å². The maximum Gasteiger partial charge on any atom is 0.322 e. The fourth-order valence-electron chi connectivity index (χ4n) is 3.20. The van der Waals surface area contributed by atoms with Crippen molar-refractivity contribution >= 4 is 23.3 Å². The summed E-state index contributed by atoms with van der Waals surface area (Å²) in [6.07, 6.45) is 3.36. The SMILES string of the molecule is COC(=O)C1CN(C(=O)Nc2ccn3cnnc3c2)Cc2ccccc21. The Bertz CT molecular complexity index is 984. The van der Waals surface area contributed by atoms with Crippen molar-refractivity contribution < 1.29 is 14.3 Å². The molecule has 8 heteroatoms. The van der Waals surface area contributed by atoms with E-state index in [1.165, 1.54) is 7.11 Å². The Hall–Kier alpha value is -3.42. The van der Waals surface area contributed by atoms with Crippen molar-refractivity contribution in [2.24, 2.45) is 0 Å². The monoisotopic (exact) mass is 351 g/mol. The third-order valence-electron chi connectivity index (χ3n) is 4.52. The molecule has 2 amide bonds. The van der Waals surface area contributed by atoms with Crippen molar-refractivity contribution in [3.63, 3.8) is 0 Å². The quantitative estimate of drug-likeness (QED) is 0.714. The molecule has 0 aliphatic carbocycles. The van der Waals surface area contributed by atoms with Gasteiger partial charge in [-0.25, -0.2) is 4.79 Å². The van der Waals surface area contributed by atoms with Gasteiger partial charge in [-0.3, -0.25) is 9.20 Å². The smallest absolute Gasteiger partial charge is 0.322 e. The minimum Gasteiger partial charge on any atom is -0.468 e. The van der Waals surface area contributed by atoms with E-state index >= 15 is 0 Å². The zero-order valence-corrected chi connectivity index (χ0v) is 14.1. The summed E-state index contributed by atoms with van der Waals surface area (Å²) in [5.74, 6) is -0.838. The molecule has 0 saturated carbocycles. The summed E-state index contributed by atoms with van der Waals surface area (Å²) < 4.78 is 6.67. The van der Waals surface area contributed by atoms with E-state index in [-0.39, 0.29) is 18.5 Å². The lowest BCUT2D eigenvalue weighted by Gasteiger charge is -2.33. The number of aromatic nitrogens is 3. The second-order valence-electron chi connectivity index (χ2n) is 6.10. The molecular formula is C18H17N5O3. The summed E-state index contributed by atoms with van der Waals surface area (Å²) in [6.45, 7) is 0.700. The number of urea groups is 1. The first kappa shape index (κ1) is 16.1. The number of carbonyl (C=O) groups is 2. The van der Waals surface area contributed by atoms with Gasteiger partial charge in [0, 0.05) is 31.0 Å². The van der Waals surface area contributed by atoms with Crippen LogP contribution in [0.15, 0.2) is 48.9 Å². The van der Waals surface area contributed by atoms with Crippen LogP contribution < -0.4 is 5.32 Å². The summed E-state index contributed by atoms with van der Waals surface area (Å²) in [5, 5.41) is 10.6. The number of methoxy groups -OCH3 is 1. The Kier molecular flexibility index (Phi) is 4.00. The fraction of sp³-hybridized carbons (Fsp3) is 0.222. The van der Waals surface area contributed by atoms with Crippen LogP contribution in [0.5, 0.6) is 0 Å². The van der Waals surface area contributed by atoms with Crippen LogP contribution in [-0.4, -0.2) is 45.2 Å². The molecule has 1 N–H and O–H groups in total. The van der Waals surface area contributed by atoms with Gasteiger partial charge in [0.25, 0.3) is 0 Å². The Morgan fingerprint density at radius 3 is 2.96 bits per heavy atom. The van der Waals surface area contributed by atoms with Crippen molar-refractivity contribution in [3.8, 4) is 0 Å². The van der Waals surface area contributed by atoms with Crippen molar-refractivity contribution in [1.82, 2.24) is 19.5 Å². The number of ether oxygens (including phenoxy) is 1. The molecule has 1 atom stereocenters. The number of benzene rings is 1. The van der Waals surface area contributed by atoms with E-state index in [9.17, 15) is 9.59 Å². The zero-order valence-electron chi connectivity index (χ0n) is 14.1. The summed E-state index contributed by atoms with van der Waals surface area (Å²) >= 11 is 0. The van der Waals surface area contributed by atoms with Crippen molar-refractivity contribution in [3.05, 3.63) is 60.0 Å². The molecule has 26 heavy (non-hydrogen) atoms. The maximum atomic E-state index is 12.7. The number of pyridine rings is 1. The lowest BCUT2D eigenvalue weighted by molar-refractivity contribution is -0.143. The van der Waals surface area contributed by atoms with Gasteiger partial charge < -0.3 is 15.0 Å². The molecule has 1 unspecified atom stereocenters. The molecule has 2 aromatic heterocycles. The average Bonchev–Trinajstić information content (AvgIpc) is 3.14. The van der Waals surface area contributed by atoms with E-state index in [1.54, 1.807) is 34.0 Å². The Morgan fingerprint density at radius 1 is 1.27 bits per heavy atom. The minimum absolute atomic E-state index is 0.267. The van der Waals surface area contributed by atoms with Crippen LogP contribution in [0.1, 0.15) is 17.0 Å². The van der Waals surface area contributed by atoms with Gasteiger partial charge in [0.1, 0.15) is 6.33 Å². The Balaban J connectivity index is 1.57. The number of amides is 2. The van der Waals surface area contributed by atoms with Crippen molar-refractivity contribution in [2.75, 3.05) is 19.0 Å². The highest BCUT2D eigenvalue weighted by Gasteiger charge is 2.33. The highest BCUT2D eigenvalue weighted by molar-refractivity contribution is 5.91. The highest BCUT2D eigenvalue weighted by atomic mass is 16.5. The number of carbonyl (C=O) groups excluding carboxylic acids is 2. The van der Waals surface area contributed by atoms with Gasteiger partial charge in [0.05, 0.1) is 13.0 Å². The number of rotatable bonds is 2. The molecule has 3 heterocycles. The average molecular weight is 351 g/mol. The van der Waals surface area contributed by atoms with Gasteiger partial charge in [-0.15, -0.1) is 10.2 Å². The Morgan fingerprint density at radius 2 is 2.12 bits per heavy atom. The first-order chi connectivity index (χ1) is 12.7. The molecule has 0 fully saturated rings. The number of esters is 1. The van der Waals surface area contributed by atoms with E-state index in [4.69, 9.17) is 4.74 Å². The number of anilines is 1. The van der Waals surface area contributed by atoms with Gasteiger partial charge in [0.2, 0.25) is 0 Å². The minimum atomic E-state index is -0.491. The zero-order chi connectivity index (χ0) is 18.1. The molecule has 1 aliphatic rings. The molecule has 0 saturated heterocycles. The van der Waals surface area contributed by atoms with E-state index < -0.39 is 5.92 Å². The summed E-state index contributed by atoms with van der Waals surface area (Å²) in [4.78, 5) is 26.5. The summed E-state index contributed by atoms with van der Waals surface area (Å²) in [5.41, 5.74) is 3.11. The molecule has 1 aromatic carbocycles. The third-order valence-corrected chi connectivity index (χ3v) is 4.52. The highest BCUT2D eigenvalue weighted by Crippen LogP contribution is 2.29. The predicted octanol–water partition coefficient (Wildman–Crippen LogP) is 2.03. The largest absolute Gasteiger partial charge is 0.468 e. The first-order valence-electron chi connectivity index (χ1n) is 8.16. The van der Waals surface area contributed by atoms with Gasteiger partial charge in [0.15, 0.2) is 5.65 Å². The standard InChI is InChI=1S/C18H17N5O3/c1-26-17(24)15-10-23(9-12-4-2-3-5-14(12)15)18(25)20-13-6-7-22-11-19-21-16(22)8-13/h2-8,11,15H,9-10H2,1H3,(H,20,25). The lowest BCUT2D eigenvalue weighted by Crippen LogP contribution is -2.43. The normalized spacial score (nSPS) is 16.2. The Labute approximate surface area is 149 Å². The third kappa shape index (κ3) is 2.85. The number of nitrogens with one attached hydrogen (secondary N) is 1. The number of hydrogen-bond donors (Lipinski definition) is 1. The predicted molar refractivity (Wildman–Crippen MR) is 93.6 cm³/mol. The number of fused-ring (bicyclic) bond motifs is 2. The van der Waals surface area contributed by atoms with Gasteiger partial charge in [-0.2, -0.15) is 0 Å². The van der Waals surface area contributed by atoms with E-state index in [1.807, 2.05) is 24.3 Å². The number of hydrogen-bond acceptors (Lipinski definition) is 5. The van der Waals surface area contributed by atoms with E-state index in [0.717, 1.165) is 11.1 Å². The molecule has 8 nitrogen and oxygen atoms in total. The van der Waals surface area contributed by atoms with Crippen LogP contribution >= 0.6 is 0 Å². The van der Waals surface area contributed by atoms with Crippen LogP contribution in [0, 0.1) is 0 Å². The molecule has 0 radical (unpaired) electrons. The lowest BCUT2D eigenvalue weighted by atomic mass is 9.90. The molecule has 3 aromatic rings.